The van der Waals surface area contributed by atoms with Crippen molar-refractivity contribution in [3.8, 4) is 5.75 Å². The van der Waals surface area contributed by atoms with Gasteiger partial charge < -0.3 is 19.1 Å². The van der Waals surface area contributed by atoms with Crippen LogP contribution in [0, 0.1) is 6.92 Å². The van der Waals surface area contributed by atoms with Crippen LogP contribution in [0.4, 0.5) is 13.2 Å². The van der Waals surface area contributed by atoms with E-state index in [1.54, 1.807) is 13.0 Å². The molecular formula is C14H8F3NaO4. The first-order valence-electron chi connectivity index (χ1n) is 5.96. The van der Waals surface area contributed by atoms with Crippen LogP contribution in [-0.2, 0) is 4.79 Å². The molecule has 3 rings (SSSR count). The zero-order valence-corrected chi connectivity index (χ0v) is 13.7. The van der Waals surface area contributed by atoms with Gasteiger partial charge in [-0.05, 0) is 25.1 Å². The SMILES string of the molecule is Cc1c2c(cc3occc13)C=C(C(=O)[O-])C(C(F)(F)F)O2.[Na+]. The molecule has 1 unspecified atom stereocenters. The molecule has 0 saturated carbocycles. The number of aliphatic carboxylic acids is 1. The first kappa shape index (κ1) is 16.9. The Morgan fingerprint density at radius 2 is 2.05 bits per heavy atom. The van der Waals surface area contributed by atoms with E-state index < -0.39 is 23.8 Å². The molecule has 0 spiro atoms. The van der Waals surface area contributed by atoms with Gasteiger partial charge in [0.2, 0.25) is 6.10 Å². The van der Waals surface area contributed by atoms with E-state index in [1.807, 2.05) is 0 Å². The van der Waals surface area contributed by atoms with E-state index in [0.29, 0.717) is 16.5 Å². The van der Waals surface area contributed by atoms with E-state index in [-0.39, 0.29) is 40.9 Å². The Labute approximate surface area is 144 Å². The maximum absolute atomic E-state index is 13.0. The molecular weight excluding hydrogens is 312 g/mol. The van der Waals surface area contributed by atoms with Gasteiger partial charge in [0.15, 0.2) is 0 Å². The van der Waals surface area contributed by atoms with Crippen LogP contribution in [0.25, 0.3) is 17.0 Å². The topological polar surface area (TPSA) is 62.5 Å². The minimum absolute atomic E-state index is 0. The molecule has 110 valence electrons. The number of furan rings is 1. The van der Waals surface area contributed by atoms with Gasteiger partial charge in [0, 0.05) is 22.1 Å². The number of halogens is 3. The fourth-order valence-electron chi connectivity index (χ4n) is 2.39. The summed E-state index contributed by atoms with van der Waals surface area (Å²) in [5.41, 5.74) is 0.156. The molecule has 4 nitrogen and oxygen atoms in total. The smallest absolute Gasteiger partial charge is 0.545 e. The zero-order chi connectivity index (χ0) is 15.4. The number of rotatable bonds is 1. The van der Waals surface area contributed by atoms with E-state index >= 15 is 0 Å². The molecule has 0 N–H and O–H groups in total. The van der Waals surface area contributed by atoms with Crippen molar-refractivity contribution in [1.29, 1.82) is 0 Å². The van der Waals surface area contributed by atoms with Gasteiger partial charge in [-0.1, -0.05) is 0 Å². The van der Waals surface area contributed by atoms with E-state index in [9.17, 15) is 23.1 Å². The fraction of sp³-hybridized carbons (Fsp3) is 0.214. The van der Waals surface area contributed by atoms with E-state index in [0.717, 1.165) is 6.08 Å². The Hall–Kier alpha value is -1.44. The van der Waals surface area contributed by atoms with Crippen molar-refractivity contribution in [1.82, 2.24) is 0 Å². The standard InChI is InChI=1S/C14H9F3O4.Na/c1-6-8-2-3-20-10(8)5-7-4-9(13(18)19)12(14(15,16)17)21-11(6)7;/h2-5,12H,1H3,(H,18,19);/q;+1/p-1. The van der Waals surface area contributed by atoms with Gasteiger partial charge in [0.1, 0.15) is 11.3 Å². The van der Waals surface area contributed by atoms with Crippen LogP contribution in [0.1, 0.15) is 11.1 Å². The molecule has 0 amide bonds. The average molecular weight is 320 g/mol. The van der Waals surface area contributed by atoms with Crippen molar-refractivity contribution in [3.05, 3.63) is 35.1 Å². The minimum Gasteiger partial charge on any atom is -0.545 e. The van der Waals surface area contributed by atoms with Crippen molar-refractivity contribution in [2.75, 3.05) is 0 Å². The van der Waals surface area contributed by atoms with E-state index in [1.165, 1.54) is 12.3 Å². The number of hydrogen-bond acceptors (Lipinski definition) is 4. The monoisotopic (exact) mass is 320 g/mol. The van der Waals surface area contributed by atoms with Crippen LogP contribution in [0.3, 0.4) is 0 Å². The van der Waals surface area contributed by atoms with Crippen molar-refractivity contribution < 1.29 is 61.8 Å². The number of carboxylic acids is 1. The van der Waals surface area contributed by atoms with Gasteiger partial charge in [-0.2, -0.15) is 13.2 Å². The number of ether oxygens (including phenoxy) is 1. The normalized spacial score (nSPS) is 17.3. The van der Waals surface area contributed by atoms with Crippen LogP contribution in [0.5, 0.6) is 5.75 Å². The third kappa shape index (κ3) is 2.64. The van der Waals surface area contributed by atoms with Crippen LogP contribution >= 0.6 is 0 Å². The second-order valence-corrected chi connectivity index (χ2v) is 4.68. The number of hydrogen-bond donors (Lipinski definition) is 0. The van der Waals surface area contributed by atoms with Gasteiger partial charge in [0.05, 0.1) is 12.2 Å². The Morgan fingerprint density at radius 1 is 1.36 bits per heavy atom. The molecule has 0 radical (unpaired) electrons. The Kier molecular flexibility index (Phi) is 4.34. The first-order chi connectivity index (χ1) is 9.79. The average Bonchev–Trinajstić information content (AvgIpc) is 2.84. The molecule has 1 aromatic carbocycles. The Bertz CT molecular complexity index is 776. The van der Waals surface area contributed by atoms with Crippen molar-refractivity contribution >= 4 is 23.0 Å². The first-order valence-corrected chi connectivity index (χ1v) is 5.96. The second-order valence-electron chi connectivity index (χ2n) is 4.68. The number of benzene rings is 1. The molecule has 0 saturated heterocycles. The third-order valence-electron chi connectivity index (χ3n) is 3.35. The van der Waals surface area contributed by atoms with Gasteiger partial charge >= 0.3 is 35.7 Å². The quantitative estimate of drug-likeness (QED) is 0.646. The number of carboxylic acid groups (broad SMARTS) is 1. The maximum atomic E-state index is 13.0. The molecule has 2 aromatic rings. The van der Waals surface area contributed by atoms with E-state index in [4.69, 9.17) is 9.15 Å². The van der Waals surface area contributed by atoms with Crippen LogP contribution in [0.15, 0.2) is 28.4 Å². The summed E-state index contributed by atoms with van der Waals surface area (Å²) >= 11 is 0. The van der Waals surface area contributed by atoms with Gasteiger partial charge in [-0.25, -0.2) is 0 Å². The fourth-order valence-corrected chi connectivity index (χ4v) is 2.39. The number of aryl methyl sites for hydroxylation is 1. The molecule has 0 fully saturated rings. The Morgan fingerprint density at radius 3 is 2.64 bits per heavy atom. The molecule has 1 aliphatic heterocycles. The molecule has 1 atom stereocenters. The van der Waals surface area contributed by atoms with Gasteiger partial charge in [-0.15, -0.1) is 0 Å². The predicted octanol–water partition coefficient (Wildman–Crippen LogP) is -0.798. The van der Waals surface area contributed by atoms with Crippen LogP contribution in [-0.4, -0.2) is 18.2 Å². The van der Waals surface area contributed by atoms with Crippen molar-refractivity contribution in [3.63, 3.8) is 0 Å². The maximum Gasteiger partial charge on any atom is 1.00 e. The van der Waals surface area contributed by atoms with Crippen molar-refractivity contribution in [2.45, 2.75) is 19.2 Å². The summed E-state index contributed by atoms with van der Waals surface area (Å²) in [5, 5.41) is 11.5. The summed E-state index contributed by atoms with van der Waals surface area (Å²) in [6.45, 7) is 1.59. The molecule has 1 aromatic heterocycles. The van der Waals surface area contributed by atoms with Crippen LogP contribution < -0.4 is 39.4 Å². The molecule has 8 heteroatoms. The molecule has 2 heterocycles. The van der Waals surface area contributed by atoms with Gasteiger partial charge in [-0.3, -0.25) is 0 Å². The number of carbonyl (C=O) groups excluding carboxylic acids is 1. The van der Waals surface area contributed by atoms with Gasteiger partial charge in [0.25, 0.3) is 0 Å². The number of carbonyl (C=O) groups is 1. The molecule has 1 aliphatic rings. The number of alkyl halides is 3. The summed E-state index contributed by atoms with van der Waals surface area (Å²) in [5.74, 6) is -1.92. The third-order valence-corrected chi connectivity index (χ3v) is 3.35. The number of fused-ring (bicyclic) bond motifs is 2. The second kappa shape index (κ2) is 5.64. The summed E-state index contributed by atoms with van der Waals surface area (Å²) in [6.07, 6.45) is -5.07. The molecule has 0 bridgehead atoms. The largest absolute Gasteiger partial charge is 1.00 e. The minimum atomic E-state index is -4.85. The van der Waals surface area contributed by atoms with Crippen molar-refractivity contribution in [2.24, 2.45) is 0 Å². The summed E-state index contributed by atoms with van der Waals surface area (Å²) in [4.78, 5) is 10.9. The summed E-state index contributed by atoms with van der Waals surface area (Å²) in [7, 11) is 0. The predicted molar refractivity (Wildman–Crippen MR) is 64.4 cm³/mol. The zero-order valence-electron chi connectivity index (χ0n) is 11.7. The molecule has 0 aliphatic carbocycles. The Balaban J connectivity index is 0.00000176. The van der Waals surface area contributed by atoms with Crippen LogP contribution in [0.2, 0.25) is 0 Å². The van der Waals surface area contributed by atoms with E-state index in [2.05, 4.69) is 0 Å². The summed E-state index contributed by atoms with van der Waals surface area (Å²) < 4.78 is 49.0. The molecule has 22 heavy (non-hydrogen) atoms. The summed E-state index contributed by atoms with van der Waals surface area (Å²) in [6, 6.07) is 3.04.